The molecule has 0 fully saturated rings. The van der Waals surface area contributed by atoms with Gasteiger partial charge in [-0.05, 0) is 0 Å². The van der Waals surface area contributed by atoms with Crippen LogP contribution in [0.1, 0.15) is 54.4 Å². The maximum absolute atomic E-state index is 3.77. The van der Waals surface area contributed by atoms with Crippen LogP contribution in [0.5, 0.6) is 0 Å². The molecule has 2 rings (SSSR count). The minimum atomic E-state index is -1.40. The SMILES string of the molecule is C[Si](C)(C1=[C-]CC=C1)C1=[C-]CC=C1.[CH2-]C(C)(C)C.[CH2-]C(C)(C)C.[Zr+4]. The van der Waals surface area contributed by atoms with Gasteiger partial charge in [-0.25, -0.2) is 22.5 Å². The fourth-order valence-corrected chi connectivity index (χ4v) is 4.26. The van der Waals surface area contributed by atoms with Gasteiger partial charge in [-0.2, -0.15) is 23.0 Å². The summed E-state index contributed by atoms with van der Waals surface area (Å²) in [5.41, 5.74) is 0.500. The second kappa shape index (κ2) is 10.9. The van der Waals surface area contributed by atoms with Gasteiger partial charge in [0.05, 0.1) is 0 Å². The monoisotopic (exact) mass is 418 g/mol. The van der Waals surface area contributed by atoms with Crippen molar-refractivity contribution < 1.29 is 26.2 Å². The van der Waals surface area contributed by atoms with Crippen molar-refractivity contribution in [2.45, 2.75) is 67.5 Å². The first-order chi connectivity index (χ1) is 10.2. The molecule has 0 saturated carbocycles. The zero-order chi connectivity index (χ0) is 18.3. The molecule has 0 aromatic carbocycles. The first kappa shape index (κ1) is 26.3. The Morgan fingerprint density at radius 1 is 0.792 bits per heavy atom. The van der Waals surface area contributed by atoms with Crippen LogP contribution in [0.3, 0.4) is 0 Å². The smallest absolute Gasteiger partial charge is 0.338 e. The first-order valence-corrected chi connectivity index (χ1v) is 11.5. The average molecular weight is 420 g/mol. The van der Waals surface area contributed by atoms with Crippen LogP contribution in [0.15, 0.2) is 34.7 Å². The quantitative estimate of drug-likeness (QED) is 0.338. The molecule has 0 aromatic rings. The maximum atomic E-state index is 3.77. The minimum absolute atomic E-state index is 0. The van der Waals surface area contributed by atoms with Gasteiger partial charge in [0, 0.05) is 8.07 Å². The Labute approximate surface area is 172 Å². The number of hydrogen-bond acceptors (Lipinski definition) is 0. The van der Waals surface area contributed by atoms with Crippen molar-refractivity contribution >= 4 is 8.07 Å². The van der Waals surface area contributed by atoms with Gasteiger partial charge in [-0.15, -0.1) is 12.8 Å². The van der Waals surface area contributed by atoms with E-state index < -0.39 is 8.07 Å². The molecule has 0 nitrogen and oxygen atoms in total. The molecule has 0 radical (unpaired) electrons. The van der Waals surface area contributed by atoms with E-state index in [1.165, 1.54) is 10.4 Å². The number of allylic oxidation sites excluding steroid dienone is 8. The molecule has 2 aliphatic carbocycles. The second-order valence-electron chi connectivity index (χ2n) is 9.14. The summed E-state index contributed by atoms with van der Waals surface area (Å²) >= 11 is 0. The molecule has 0 amide bonds. The van der Waals surface area contributed by atoms with Gasteiger partial charge in [0.25, 0.3) is 0 Å². The van der Waals surface area contributed by atoms with Crippen LogP contribution in [0, 0.1) is 36.8 Å². The van der Waals surface area contributed by atoms with Crippen molar-refractivity contribution in [1.82, 2.24) is 0 Å². The molecule has 0 aromatic heterocycles. The van der Waals surface area contributed by atoms with Gasteiger partial charge < -0.3 is 13.8 Å². The maximum Gasteiger partial charge on any atom is 4.00 e. The van der Waals surface area contributed by atoms with Crippen LogP contribution in [0.25, 0.3) is 0 Å². The van der Waals surface area contributed by atoms with Crippen LogP contribution >= 0.6 is 0 Å². The predicted octanol–water partition coefficient (Wildman–Crippen LogP) is 6.88. The summed E-state index contributed by atoms with van der Waals surface area (Å²) in [6.45, 7) is 24.8. The molecule has 2 aliphatic rings. The number of rotatable bonds is 2. The zero-order valence-electron chi connectivity index (χ0n) is 17.1. The van der Waals surface area contributed by atoms with Crippen LogP contribution in [0.2, 0.25) is 13.1 Å². The number of hydrogen-bond donors (Lipinski definition) is 0. The van der Waals surface area contributed by atoms with Crippen LogP contribution < -0.4 is 0 Å². The standard InChI is InChI=1S/C12H14Si.2C5H11.Zr/c1-13(2,11-7-3-4-8-11)12-9-5-6-10-12;2*1-5(2,3)4;/h3,5,7,9H,4,6H2,1-2H3;2*1H2,2-4H3;/q-2;2*-1;+4. The van der Waals surface area contributed by atoms with Crippen molar-refractivity contribution in [3.63, 3.8) is 0 Å². The van der Waals surface area contributed by atoms with Gasteiger partial charge in [0.1, 0.15) is 0 Å². The van der Waals surface area contributed by atoms with E-state index in [2.05, 4.69) is 105 Å². The third kappa shape index (κ3) is 14.4. The molecule has 0 N–H and O–H groups in total. The molecular weight excluding hydrogens is 384 g/mol. The second-order valence-corrected chi connectivity index (χ2v) is 13.5. The summed E-state index contributed by atoms with van der Waals surface area (Å²) in [4.78, 5) is 0. The Hall–Kier alpha value is 0.0600. The topological polar surface area (TPSA) is 0 Å². The van der Waals surface area contributed by atoms with Crippen LogP contribution in [-0.4, -0.2) is 8.07 Å². The minimum Gasteiger partial charge on any atom is -0.338 e. The molecule has 0 heterocycles. The Bertz CT molecular complexity index is 421. The van der Waals surface area contributed by atoms with E-state index in [1.807, 2.05) is 0 Å². The summed E-state index contributed by atoms with van der Waals surface area (Å²) in [5.74, 6) is 0. The van der Waals surface area contributed by atoms with Crippen LogP contribution in [-0.2, 0) is 26.2 Å². The fraction of sp³-hybridized carbons (Fsp3) is 0.545. The summed E-state index contributed by atoms with van der Waals surface area (Å²) in [6.07, 6.45) is 17.8. The van der Waals surface area contributed by atoms with Gasteiger partial charge in [-0.1, -0.05) is 54.6 Å². The summed E-state index contributed by atoms with van der Waals surface area (Å²) in [5, 5.41) is 2.89. The molecule has 0 spiro atoms. The molecule has 24 heavy (non-hydrogen) atoms. The van der Waals surface area contributed by atoms with E-state index in [4.69, 9.17) is 0 Å². The molecule has 0 bridgehead atoms. The summed E-state index contributed by atoms with van der Waals surface area (Å²) < 4.78 is 0. The third-order valence-corrected chi connectivity index (χ3v) is 6.12. The van der Waals surface area contributed by atoms with Crippen molar-refractivity contribution in [2.24, 2.45) is 10.8 Å². The van der Waals surface area contributed by atoms with E-state index in [0.29, 0.717) is 0 Å². The molecule has 0 aliphatic heterocycles. The Morgan fingerprint density at radius 2 is 1.04 bits per heavy atom. The van der Waals surface area contributed by atoms with Gasteiger partial charge in [0.15, 0.2) is 0 Å². The first-order valence-electron chi connectivity index (χ1n) is 8.47. The van der Waals surface area contributed by atoms with Crippen molar-refractivity contribution in [3.8, 4) is 0 Å². The Morgan fingerprint density at radius 3 is 1.21 bits per heavy atom. The Kier molecular flexibility index (Phi) is 12.0. The zero-order valence-corrected chi connectivity index (χ0v) is 20.6. The molecule has 0 unspecified atom stereocenters. The normalized spacial score (nSPS) is 16.2. The van der Waals surface area contributed by atoms with E-state index in [-0.39, 0.29) is 37.0 Å². The van der Waals surface area contributed by atoms with Crippen molar-refractivity contribution in [3.05, 3.63) is 60.7 Å². The summed E-state index contributed by atoms with van der Waals surface area (Å²) in [7, 11) is -1.40. The summed E-state index contributed by atoms with van der Waals surface area (Å²) in [6, 6.07) is 0. The van der Waals surface area contributed by atoms with Gasteiger partial charge in [-0.3, -0.25) is 12.2 Å². The average Bonchev–Trinajstić information content (AvgIpc) is 2.99. The Balaban J connectivity index is 0. The van der Waals surface area contributed by atoms with E-state index in [9.17, 15) is 0 Å². The van der Waals surface area contributed by atoms with E-state index in [0.717, 1.165) is 12.8 Å². The van der Waals surface area contributed by atoms with Gasteiger partial charge in [0.2, 0.25) is 0 Å². The largest absolute Gasteiger partial charge is 4.00 e. The van der Waals surface area contributed by atoms with E-state index in [1.54, 1.807) is 0 Å². The van der Waals surface area contributed by atoms with E-state index >= 15 is 0 Å². The molecule has 132 valence electrons. The third-order valence-electron chi connectivity index (χ3n) is 2.74. The fourth-order valence-electron chi connectivity index (χ4n) is 1.81. The van der Waals surface area contributed by atoms with Crippen LogP contribution in [0.4, 0.5) is 0 Å². The molecular formula is C22H36SiZr. The molecule has 2 heteroatoms. The van der Waals surface area contributed by atoms with Gasteiger partial charge >= 0.3 is 26.2 Å². The van der Waals surface area contributed by atoms with Crippen molar-refractivity contribution in [2.75, 3.05) is 0 Å². The van der Waals surface area contributed by atoms with Crippen molar-refractivity contribution in [1.29, 1.82) is 0 Å². The molecule has 0 saturated heterocycles. The predicted molar refractivity (Wildman–Crippen MR) is 108 cm³/mol. The molecule has 0 atom stereocenters.